The van der Waals surface area contributed by atoms with Crippen molar-refractivity contribution in [3.05, 3.63) is 35.1 Å². The molecule has 10 heteroatoms. The molecule has 0 atom stereocenters. The van der Waals surface area contributed by atoms with Crippen molar-refractivity contribution in [1.82, 2.24) is 4.90 Å². The highest BCUT2D eigenvalue weighted by Crippen LogP contribution is 2.21. The predicted molar refractivity (Wildman–Crippen MR) is 55.9 cm³/mol. The van der Waals surface area contributed by atoms with Gasteiger partial charge in [0.1, 0.15) is 13.1 Å². The molecule has 1 amide bonds. The van der Waals surface area contributed by atoms with Gasteiger partial charge in [-0.25, -0.2) is 13.2 Å². The monoisotopic (exact) mass is 315 g/mol. The third kappa shape index (κ3) is 4.36. The van der Waals surface area contributed by atoms with Crippen LogP contribution < -0.4 is 0 Å². The molecule has 1 N–H and O–H groups in total. The van der Waals surface area contributed by atoms with E-state index in [2.05, 4.69) is 0 Å². The van der Waals surface area contributed by atoms with Crippen LogP contribution in [0.25, 0.3) is 0 Å². The zero-order valence-corrected chi connectivity index (χ0v) is 10.0. The van der Waals surface area contributed by atoms with Gasteiger partial charge in [0.15, 0.2) is 17.5 Å². The molecule has 0 aliphatic heterocycles. The lowest BCUT2D eigenvalue weighted by molar-refractivity contribution is -0.149. The van der Waals surface area contributed by atoms with E-state index in [1.165, 1.54) is 0 Å². The molecule has 1 rings (SSSR count). The van der Waals surface area contributed by atoms with E-state index >= 15 is 0 Å². The van der Waals surface area contributed by atoms with Gasteiger partial charge in [0.2, 0.25) is 0 Å². The van der Waals surface area contributed by atoms with Crippen LogP contribution in [0.5, 0.6) is 0 Å². The van der Waals surface area contributed by atoms with E-state index in [-0.39, 0.29) is 4.90 Å². The van der Waals surface area contributed by atoms with E-state index in [1.54, 1.807) is 0 Å². The third-order valence-electron chi connectivity index (χ3n) is 2.25. The summed E-state index contributed by atoms with van der Waals surface area (Å²) in [5.41, 5.74) is -1.20. The van der Waals surface area contributed by atoms with Crippen LogP contribution in [0.3, 0.4) is 0 Å². The van der Waals surface area contributed by atoms with Crippen molar-refractivity contribution in [2.45, 2.75) is 6.18 Å². The van der Waals surface area contributed by atoms with Crippen molar-refractivity contribution in [3.8, 4) is 0 Å². The molecule has 0 aliphatic carbocycles. The second-order valence-corrected chi connectivity index (χ2v) is 3.89. The molecule has 0 bridgehead atoms. The molecule has 0 fully saturated rings. The second kappa shape index (κ2) is 6.02. The fraction of sp³-hybridized carbons (Fsp3) is 0.273. The molecule has 0 aromatic heterocycles. The highest BCUT2D eigenvalue weighted by molar-refractivity contribution is 5.96. The van der Waals surface area contributed by atoms with Crippen LogP contribution in [0.2, 0.25) is 0 Å². The van der Waals surface area contributed by atoms with Crippen molar-refractivity contribution in [1.29, 1.82) is 0 Å². The van der Waals surface area contributed by atoms with Gasteiger partial charge >= 0.3 is 12.1 Å². The summed E-state index contributed by atoms with van der Waals surface area (Å²) in [7, 11) is 0. The molecule has 1 aromatic rings. The highest BCUT2D eigenvalue weighted by atomic mass is 19.4. The van der Waals surface area contributed by atoms with Crippen molar-refractivity contribution in [2.24, 2.45) is 0 Å². The number of halogens is 6. The Morgan fingerprint density at radius 2 is 1.67 bits per heavy atom. The molecule has 4 nitrogen and oxygen atoms in total. The molecule has 0 radical (unpaired) electrons. The Hall–Kier alpha value is -2.26. The lowest BCUT2D eigenvalue weighted by Gasteiger charge is -2.22. The van der Waals surface area contributed by atoms with Crippen LogP contribution in [0.1, 0.15) is 10.4 Å². The molecule has 116 valence electrons. The number of carbonyl (C=O) groups is 2. The molecule has 0 heterocycles. The first-order valence-corrected chi connectivity index (χ1v) is 5.24. The molecule has 0 spiro atoms. The molecule has 21 heavy (non-hydrogen) atoms. The summed E-state index contributed by atoms with van der Waals surface area (Å²) in [5.74, 6) is -9.16. The Morgan fingerprint density at radius 3 is 2.14 bits per heavy atom. The highest BCUT2D eigenvalue weighted by Gasteiger charge is 2.35. The number of alkyl halides is 3. The van der Waals surface area contributed by atoms with Crippen molar-refractivity contribution < 1.29 is 41.0 Å². The van der Waals surface area contributed by atoms with Crippen molar-refractivity contribution >= 4 is 11.9 Å². The van der Waals surface area contributed by atoms with Gasteiger partial charge in [-0.3, -0.25) is 9.59 Å². The fourth-order valence-electron chi connectivity index (χ4n) is 1.44. The van der Waals surface area contributed by atoms with E-state index in [0.29, 0.717) is 12.1 Å². The fourth-order valence-corrected chi connectivity index (χ4v) is 1.44. The average molecular weight is 315 g/mol. The topological polar surface area (TPSA) is 57.6 Å². The Balaban J connectivity index is 3.16. The van der Waals surface area contributed by atoms with Crippen molar-refractivity contribution in [2.75, 3.05) is 13.1 Å². The van der Waals surface area contributed by atoms with Gasteiger partial charge in [-0.1, -0.05) is 0 Å². The number of aliphatic carboxylic acids is 1. The standard InChI is InChI=1S/C11H7F6NO3/c12-6-2-1-5(8(13)9(6)14)10(21)18(3-7(19)20)4-11(15,16)17/h1-2H,3-4H2,(H,19,20). The number of amides is 1. The van der Waals surface area contributed by atoms with Crippen LogP contribution in [0, 0.1) is 17.5 Å². The number of hydrogen-bond donors (Lipinski definition) is 1. The number of carboxylic acids is 1. The van der Waals surface area contributed by atoms with Gasteiger partial charge in [0.25, 0.3) is 5.91 Å². The summed E-state index contributed by atoms with van der Waals surface area (Å²) < 4.78 is 75.8. The van der Waals surface area contributed by atoms with Crippen molar-refractivity contribution in [3.63, 3.8) is 0 Å². The Bertz CT molecular complexity index is 572. The predicted octanol–water partition coefficient (Wildman–Crippen LogP) is 2.19. The van der Waals surface area contributed by atoms with Crippen LogP contribution in [-0.4, -0.2) is 41.1 Å². The molecule has 1 aromatic carbocycles. The Morgan fingerprint density at radius 1 is 1.10 bits per heavy atom. The van der Waals surface area contributed by atoms with E-state index in [9.17, 15) is 35.9 Å². The number of carbonyl (C=O) groups excluding carboxylic acids is 1. The second-order valence-electron chi connectivity index (χ2n) is 3.89. The molecule has 0 saturated heterocycles. The molecular weight excluding hydrogens is 308 g/mol. The van der Waals surface area contributed by atoms with Crippen LogP contribution in [-0.2, 0) is 4.79 Å². The van der Waals surface area contributed by atoms with Gasteiger partial charge < -0.3 is 10.0 Å². The van der Waals surface area contributed by atoms with E-state index in [0.717, 1.165) is 0 Å². The summed E-state index contributed by atoms with van der Waals surface area (Å²) in [4.78, 5) is 21.9. The largest absolute Gasteiger partial charge is 0.480 e. The Labute approximate surface area is 113 Å². The normalized spacial score (nSPS) is 11.3. The SMILES string of the molecule is O=C(O)CN(CC(F)(F)F)C(=O)c1ccc(F)c(F)c1F. The third-order valence-corrected chi connectivity index (χ3v) is 2.25. The maximum atomic E-state index is 13.4. The van der Waals surface area contributed by atoms with E-state index in [4.69, 9.17) is 5.11 Å². The molecule has 0 unspecified atom stereocenters. The zero-order valence-electron chi connectivity index (χ0n) is 10.0. The molecule has 0 aliphatic rings. The number of carboxylic acid groups (broad SMARTS) is 1. The van der Waals surface area contributed by atoms with Gasteiger partial charge in [0.05, 0.1) is 5.56 Å². The minimum Gasteiger partial charge on any atom is -0.480 e. The quantitative estimate of drug-likeness (QED) is 0.684. The summed E-state index contributed by atoms with van der Waals surface area (Å²) in [6.45, 7) is -3.35. The average Bonchev–Trinajstić information content (AvgIpc) is 2.32. The number of nitrogens with zero attached hydrogens (tertiary/aromatic N) is 1. The first kappa shape index (κ1) is 16.8. The van der Waals surface area contributed by atoms with Gasteiger partial charge in [-0.2, -0.15) is 13.2 Å². The van der Waals surface area contributed by atoms with Gasteiger partial charge in [-0.15, -0.1) is 0 Å². The zero-order chi connectivity index (χ0) is 16.4. The van der Waals surface area contributed by atoms with Crippen LogP contribution >= 0.6 is 0 Å². The van der Waals surface area contributed by atoms with Crippen LogP contribution in [0.15, 0.2) is 12.1 Å². The van der Waals surface area contributed by atoms with Gasteiger partial charge in [0, 0.05) is 0 Å². The Kier molecular flexibility index (Phi) is 4.81. The summed E-state index contributed by atoms with van der Waals surface area (Å²) in [6.07, 6.45) is -4.94. The lowest BCUT2D eigenvalue weighted by Crippen LogP contribution is -2.42. The van der Waals surface area contributed by atoms with E-state index < -0.39 is 54.2 Å². The summed E-state index contributed by atoms with van der Waals surface area (Å²) >= 11 is 0. The summed E-state index contributed by atoms with van der Waals surface area (Å²) in [5, 5.41) is 8.46. The van der Waals surface area contributed by atoms with Crippen LogP contribution in [0.4, 0.5) is 26.3 Å². The summed E-state index contributed by atoms with van der Waals surface area (Å²) in [6, 6.07) is 0.777. The maximum absolute atomic E-state index is 13.4. The molecular formula is C11H7F6NO3. The minimum atomic E-state index is -4.94. The smallest absolute Gasteiger partial charge is 0.406 e. The number of hydrogen-bond acceptors (Lipinski definition) is 2. The lowest BCUT2D eigenvalue weighted by atomic mass is 10.1. The minimum absolute atomic E-state index is 0.238. The van der Waals surface area contributed by atoms with E-state index in [1.807, 2.05) is 0 Å². The number of rotatable bonds is 4. The van der Waals surface area contributed by atoms with Gasteiger partial charge in [-0.05, 0) is 12.1 Å². The first-order chi connectivity index (χ1) is 9.53. The maximum Gasteiger partial charge on any atom is 0.406 e. The molecule has 0 saturated carbocycles. The first-order valence-electron chi connectivity index (χ1n) is 5.24. The number of benzene rings is 1.